The predicted octanol–water partition coefficient (Wildman–Crippen LogP) is 3.94. The highest BCUT2D eigenvalue weighted by molar-refractivity contribution is 7.89. The van der Waals surface area contributed by atoms with Gasteiger partial charge in [-0.05, 0) is 43.9 Å². The minimum Gasteiger partial charge on any atom is -0.361 e. The van der Waals surface area contributed by atoms with Crippen LogP contribution < -0.4 is 0 Å². The molecule has 6 heteroatoms. The number of hydrogen-bond acceptors (Lipinski definition) is 4. The van der Waals surface area contributed by atoms with Gasteiger partial charge in [0.25, 0.3) is 0 Å². The maximum Gasteiger partial charge on any atom is 0.243 e. The zero-order chi connectivity index (χ0) is 17.5. The topological polar surface area (TPSA) is 63.4 Å². The van der Waals surface area contributed by atoms with Crippen LogP contribution in [-0.2, 0) is 10.0 Å². The van der Waals surface area contributed by atoms with E-state index in [0.29, 0.717) is 17.1 Å². The number of benzene rings is 1. The monoisotopic (exact) mass is 348 g/mol. The van der Waals surface area contributed by atoms with Crippen molar-refractivity contribution in [3.05, 3.63) is 46.8 Å². The second-order valence-electron chi connectivity index (χ2n) is 6.85. The van der Waals surface area contributed by atoms with Crippen LogP contribution in [0, 0.1) is 13.8 Å². The highest BCUT2D eigenvalue weighted by atomic mass is 32.2. The molecular weight excluding hydrogens is 324 g/mol. The summed E-state index contributed by atoms with van der Waals surface area (Å²) < 4.78 is 33.4. The van der Waals surface area contributed by atoms with Gasteiger partial charge in [-0.3, -0.25) is 0 Å². The molecule has 0 bridgehead atoms. The van der Waals surface area contributed by atoms with Gasteiger partial charge in [0.1, 0.15) is 11.5 Å². The predicted molar refractivity (Wildman–Crippen MR) is 92.4 cm³/mol. The Kier molecular flexibility index (Phi) is 4.53. The van der Waals surface area contributed by atoms with Gasteiger partial charge in [-0.15, -0.1) is 0 Å². The number of sulfonamides is 1. The summed E-state index contributed by atoms with van der Waals surface area (Å²) in [7, 11) is -3.55. The maximum absolute atomic E-state index is 13.2. The number of nitrogens with zero attached hydrogens (tertiary/aromatic N) is 2. The van der Waals surface area contributed by atoms with Crippen molar-refractivity contribution in [2.75, 3.05) is 6.54 Å². The van der Waals surface area contributed by atoms with Gasteiger partial charge in [-0.2, -0.15) is 4.31 Å². The third-order valence-corrected chi connectivity index (χ3v) is 6.64. The molecule has 24 heavy (non-hydrogen) atoms. The molecule has 1 aromatic carbocycles. The van der Waals surface area contributed by atoms with Crippen molar-refractivity contribution in [3.63, 3.8) is 0 Å². The standard InChI is InChI=1S/C18H24N2O3S/c1-12(2)17-11-15(19-23-17)16-6-5-9-20(16)24(21,22)18-10-13(3)7-8-14(18)4/h7-8,10-12,16H,5-6,9H2,1-4H3. The molecule has 0 amide bonds. The molecule has 1 aliphatic heterocycles. The van der Waals surface area contributed by atoms with Crippen molar-refractivity contribution in [2.24, 2.45) is 0 Å². The molecule has 1 unspecified atom stereocenters. The highest BCUT2D eigenvalue weighted by Gasteiger charge is 2.38. The van der Waals surface area contributed by atoms with Gasteiger partial charge < -0.3 is 4.52 Å². The Bertz CT molecular complexity index is 840. The van der Waals surface area contributed by atoms with E-state index in [1.807, 2.05) is 45.9 Å². The van der Waals surface area contributed by atoms with Crippen LogP contribution in [-0.4, -0.2) is 24.4 Å². The smallest absolute Gasteiger partial charge is 0.243 e. The molecule has 1 fully saturated rings. The first-order valence-corrected chi connectivity index (χ1v) is 9.80. The third-order valence-electron chi connectivity index (χ3n) is 4.59. The Morgan fingerprint density at radius 3 is 2.67 bits per heavy atom. The van der Waals surface area contributed by atoms with E-state index >= 15 is 0 Å². The highest BCUT2D eigenvalue weighted by Crippen LogP contribution is 2.37. The van der Waals surface area contributed by atoms with Crippen molar-refractivity contribution in [2.45, 2.75) is 57.4 Å². The molecule has 1 aliphatic rings. The van der Waals surface area contributed by atoms with Crippen LogP contribution >= 0.6 is 0 Å². The van der Waals surface area contributed by atoms with Crippen LogP contribution in [0.25, 0.3) is 0 Å². The molecule has 1 aromatic heterocycles. The first-order valence-electron chi connectivity index (χ1n) is 8.36. The van der Waals surface area contributed by atoms with Gasteiger partial charge in [0.05, 0.1) is 10.9 Å². The number of hydrogen-bond donors (Lipinski definition) is 0. The largest absolute Gasteiger partial charge is 0.361 e. The quantitative estimate of drug-likeness (QED) is 0.839. The van der Waals surface area contributed by atoms with E-state index in [1.54, 1.807) is 10.4 Å². The molecule has 2 heterocycles. The summed E-state index contributed by atoms with van der Waals surface area (Å²) in [4.78, 5) is 0.391. The molecule has 5 nitrogen and oxygen atoms in total. The first kappa shape index (κ1) is 17.2. The van der Waals surface area contributed by atoms with Crippen molar-refractivity contribution in [1.82, 2.24) is 9.46 Å². The Hall–Kier alpha value is -1.66. The average molecular weight is 348 g/mol. The van der Waals surface area contributed by atoms with Crippen LogP contribution in [0.5, 0.6) is 0 Å². The van der Waals surface area contributed by atoms with Crippen LogP contribution in [0.4, 0.5) is 0 Å². The van der Waals surface area contributed by atoms with Gasteiger partial charge in [0.15, 0.2) is 0 Å². The summed E-state index contributed by atoms with van der Waals surface area (Å²) in [5, 5.41) is 4.14. The Balaban J connectivity index is 1.98. The van der Waals surface area contributed by atoms with E-state index < -0.39 is 10.0 Å². The van der Waals surface area contributed by atoms with Crippen LogP contribution in [0.15, 0.2) is 33.7 Å². The SMILES string of the molecule is Cc1ccc(C)c(S(=O)(=O)N2CCCC2c2cc(C(C)C)on2)c1. The average Bonchev–Trinajstić information content (AvgIpc) is 3.17. The lowest BCUT2D eigenvalue weighted by atomic mass is 10.1. The number of aryl methyl sites for hydroxylation is 2. The first-order chi connectivity index (χ1) is 11.3. The molecule has 0 saturated carbocycles. The van der Waals surface area contributed by atoms with Gasteiger partial charge >= 0.3 is 0 Å². The summed E-state index contributed by atoms with van der Waals surface area (Å²) in [6.45, 7) is 8.33. The van der Waals surface area contributed by atoms with Crippen LogP contribution in [0.1, 0.15) is 61.2 Å². The molecular formula is C18H24N2O3S. The molecule has 1 saturated heterocycles. The van der Waals surface area contributed by atoms with Gasteiger partial charge in [0.2, 0.25) is 10.0 Å². The van der Waals surface area contributed by atoms with E-state index in [9.17, 15) is 8.42 Å². The molecule has 1 atom stereocenters. The fourth-order valence-corrected chi connectivity index (χ4v) is 5.15. The molecule has 0 radical (unpaired) electrons. The summed E-state index contributed by atoms with van der Waals surface area (Å²) in [6.07, 6.45) is 1.60. The molecule has 130 valence electrons. The van der Waals surface area contributed by atoms with Crippen molar-refractivity contribution in [1.29, 1.82) is 0 Å². The zero-order valence-electron chi connectivity index (χ0n) is 14.6. The third kappa shape index (κ3) is 3.00. The van der Waals surface area contributed by atoms with Gasteiger partial charge in [-0.1, -0.05) is 31.1 Å². The van der Waals surface area contributed by atoms with E-state index in [-0.39, 0.29) is 12.0 Å². The van der Waals surface area contributed by atoms with E-state index in [2.05, 4.69) is 5.16 Å². The van der Waals surface area contributed by atoms with Crippen LogP contribution in [0.2, 0.25) is 0 Å². The molecule has 2 aromatic rings. The lowest BCUT2D eigenvalue weighted by Gasteiger charge is -2.23. The van der Waals surface area contributed by atoms with E-state index in [0.717, 1.165) is 29.7 Å². The van der Waals surface area contributed by atoms with Crippen LogP contribution in [0.3, 0.4) is 0 Å². The molecule has 0 spiro atoms. The summed E-state index contributed by atoms with van der Waals surface area (Å²) >= 11 is 0. The van der Waals surface area contributed by atoms with Crippen molar-refractivity contribution < 1.29 is 12.9 Å². The number of rotatable bonds is 4. The Labute approximate surface area is 143 Å². The molecule has 3 rings (SSSR count). The van der Waals surface area contributed by atoms with Crippen molar-refractivity contribution >= 4 is 10.0 Å². The zero-order valence-corrected chi connectivity index (χ0v) is 15.4. The Morgan fingerprint density at radius 2 is 2.00 bits per heavy atom. The fraction of sp³-hybridized carbons (Fsp3) is 0.500. The molecule has 0 N–H and O–H groups in total. The second kappa shape index (κ2) is 6.33. The number of aromatic nitrogens is 1. The lowest BCUT2D eigenvalue weighted by Crippen LogP contribution is -2.31. The fourth-order valence-electron chi connectivity index (χ4n) is 3.17. The lowest BCUT2D eigenvalue weighted by molar-refractivity contribution is 0.338. The normalized spacial score (nSPS) is 19.3. The van der Waals surface area contributed by atoms with Gasteiger partial charge in [-0.25, -0.2) is 8.42 Å². The second-order valence-corrected chi connectivity index (χ2v) is 8.71. The van der Waals surface area contributed by atoms with E-state index in [1.165, 1.54) is 0 Å². The maximum atomic E-state index is 13.2. The minimum absolute atomic E-state index is 0.233. The van der Waals surface area contributed by atoms with Gasteiger partial charge in [0, 0.05) is 18.5 Å². The summed E-state index contributed by atoms with van der Waals surface area (Å²) in [5.74, 6) is 1.03. The van der Waals surface area contributed by atoms with Crippen molar-refractivity contribution in [3.8, 4) is 0 Å². The van der Waals surface area contributed by atoms with E-state index in [4.69, 9.17) is 4.52 Å². The summed E-state index contributed by atoms with van der Waals surface area (Å²) in [6, 6.07) is 7.20. The summed E-state index contributed by atoms with van der Waals surface area (Å²) in [5.41, 5.74) is 2.43. The minimum atomic E-state index is -3.55. The molecule has 0 aliphatic carbocycles. The Morgan fingerprint density at radius 1 is 1.25 bits per heavy atom.